The highest BCUT2D eigenvalue weighted by Gasteiger charge is 2.32. The maximum atomic E-state index is 12.8. The summed E-state index contributed by atoms with van der Waals surface area (Å²) in [7, 11) is 0. The first-order valence-electron chi connectivity index (χ1n) is 10.3. The van der Waals surface area contributed by atoms with Crippen LogP contribution in [-0.2, 0) is 10.9 Å². The first-order chi connectivity index (χ1) is 13.6. The minimum atomic E-state index is -4.85. The predicted octanol–water partition coefficient (Wildman–Crippen LogP) is 2.55. The maximum Gasteiger partial charge on any atom is 0.419 e. The molecule has 0 radical (unpaired) electrons. The van der Waals surface area contributed by atoms with Crippen molar-refractivity contribution in [2.24, 2.45) is 0 Å². The van der Waals surface area contributed by atoms with Crippen LogP contribution in [0.3, 0.4) is 0 Å². The number of hydrogen-bond acceptors (Lipinski definition) is 5. The number of ether oxygens (including phenoxy) is 1. The molecule has 1 aliphatic rings. The van der Waals surface area contributed by atoms with E-state index in [1.54, 1.807) is 0 Å². The van der Waals surface area contributed by atoms with Gasteiger partial charge in [-0.05, 0) is 20.8 Å². The molecule has 9 heteroatoms. The van der Waals surface area contributed by atoms with Gasteiger partial charge in [-0.2, -0.15) is 13.2 Å². The number of carbonyl (C=O) groups is 1. The lowest BCUT2D eigenvalue weighted by atomic mass is 10.2. The molecule has 0 aromatic carbocycles. The summed E-state index contributed by atoms with van der Waals surface area (Å²) in [4.78, 5) is 18.6. The molecular formula is C14H19F3N4O2. The molecule has 1 aromatic rings. The van der Waals surface area contributed by atoms with Crippen LogP contribution in [0.4, 0.5) is 23.9 Å². The maximum absolute atomic E-state index is 12.8. The standard InChI is InChI=1S/C14H19F3N4O2/c1-13(2,3)23-12(22)21-6-4-20(5-7-21)11-18-8-10(9-19-11)14(15,16)17/h8-9H,4-7H2,1-3H3/i4D2,5D2,6D2,7D2. The number of amides is 1. The van der Waals surface area contributed by atoms with Gasteiger partial charge in [0.05, 0.1) is 16.5 Å². The van der Waals surface area contributed by atoms with E-state index in [9.17, 15) is 18.0 Å². The van der Waals surface area contributed by atoms with Crippen molar-refractivity contribution in [3.8, 4) is 0 Å². The van der Waals surface area contributed by atoms with E-state index in [1.165, 1.54) is 20.8 Å². The fraction of sp³-hybridized carbons (Fsp3) is 0.643. The van der Waals surface area contributed by atoms with Gasteiger partial charge in [-0.15, -0.1) is 0 Å². The quantitative estimate of drug-likeness (QED) is 0.786. The summed E-state index contributed by atoms with van der Waals surface area (Å²) in [5, 5.41) is 0. The Morgan fingerprint density at radius 3 is 2.13 bits per heavy atom. The molecule has 0 aliphatic carbocycles. The summed E-state index contributed by atoms with van der Waals surface area (Å²) in [6.07, 6.45) is -6.09. The van der Waals surface area contributed by atoms with Crippen molar-refractivity contribution in [3.63, 3.8) is 0 Å². The number of carbonyl (C=O) groups excluding carboxylic acids is 1. The fourth-order valence-corrected chi connectivity index (χ4v) is 1.34. The second-order valence-corrected chi connectivity index (χ2v) is 5.37. The van der Waals surface area contributed by atoms with Crippen molar-refractivity contribution in [2.45, 2.75) is 32.5 Å². The van der Waals surface area contributed by atoms with Gasteiger partial charge in [-0.1, -0.05) is 0 Å². The zero-order valence-corrected chi connectivity index (χ0v) is 12.4. The molecule has 2 heterocycles. The molecule has 0 unspecified atom stereocenters. The van der Waals surface area contributed by atoms with E-state index in [4.69, 9.17) is 15.7 Å². The lowest BCUT2D eigenvalue weighted by Gasteiger charge is -2.35. The van der Waals surface area contributed by atoms with Gasteiger partial charge in [0.2, 0.25) is 5.95 Å². The Morgan fingerprint density at radius 2 is 1.70 bits per heavy atom. The van der Waals surface area contributed by atoms with Crippen LogP contribution < -0.4 is 4.90 Å². The van der Waals surface area contributed by atoms with E-state index in [0.717, 1.165) is 0 Å². The molecule has 6 nitrogen and oxygen atoms in total. The summed E-state index contributed by atoms with van der Waals surface area (Å²) >= 11 is 0. The van der Waals surface area contributed by atoms with E-state index in [2.05, 4.69) is 9.97 Å². The Bertz CT molecular complexity index is 831. The van der Waals surface area contributed by atoms with Crippen LogP contribution in [0, 0.1) is 0 Å². The number of aromatic nitrogens is 2. The second kappa shape index (κ2) is 6.21. The minimum Gasteiger partial charge on any atom is -0.444 e. The average Bonchev–Trinajstić information content (AvgIpc) is 2.50. The molecule has 0 saturated carbocycles. The first kappa shape index (κ1) is 9.29. The van der Waals surface area contributed by atoms with Crippen LogP contribution in [0.1, 0.15) is 37.3 Å². The highest BCUT2D eigenvalue weighted by molar-refractivity contribution is 5.68. The Hall–Kier alpha value is -2.06. The topological polar surface area (TPSA) is 58.6 Å². The normalized spacial score (nSPS) is 30.3. The molecule has 2 rings (SSSR count). The van der Waals surface area contributed by atoms with Crippen molar-refractivity contribution in [3.05, 3.63) is 18.0 Å². The molecule has 1 aromatic heterocycles. The number of piperazine rings is 1. The first-order valence-corrected chi connectivity index (χ1v) is 6.31. The monoisotopic (exact) mass is 340 g/mol. The summed E-state index contributed by atoms with van der Waals surface area (Å²) in [5.41, 5.74) is -2.59. The average molecular weight is 340 g/mol. The SMILES string of the molecule is [2H]C1([2H])N(C(=O)OC(C)(C)C)C([2H])([2H])C([2H])([2H])N(c2ncc(C(F)(F)F)cn2)C1([2H])[2H]. The zero-order valence-electron chi connectivity index (χ0n) is 20.4. The van der Waals surface area contributed by atoms with Crippen molar-refractivity contribution in [2.75, 3.05) is 30.9 Å². The number of alkyl halides is 3. The third kappa shape index (κ3) is 4.70. The molecular weight excluding hydrogens is 313 g/mol. The van der Waals surface area contributed by atoms with E-state index in [1.807, 2.05) is 0 Å². The lowest BCUT2D eigenvalue weighted by Crippen LogP contribution is -2.50. The van der Waals surface area contributed by atoms with Gasteiger partial charge < -0.3 is 14.5 Å². The third-order valence-corrected chi connectivity index (χ3v) is 2.29. The highest BCUT2D eigenvalue weighted by atomic mass is 19.4. The van der Waals surface area contributed by atoms with Gasteiger partial charge >= 0.3 is 12.3 Å². The number of nitrogens with zero attached hydrogens (tertiary/aromatic N) is 4. The Labute approximate surface area is 143 Å². The van der Waals surface area contributed by atoms with Gasteiger partial charge in [-0.25, -0.2) is 14.8 Å². The highest BCUT2D eigenvalue weighted by Crippen LogP contribution is 2.28. The Kier molecular flexibility index (Phi) is 2.51. The summed E-state index contributed by atoms with van der Waals surface area (Å²) in [5.74, 6) is -1.06. The third-order valence-electron chi connectivity index (χ3n) is 2.29. The molecule has 128 valence electrons. The molecule has 1 saturated heterocycles. The Balaban J connectivity index is 2.66. The molecule has 23 heavy (non-hydrogen) atoms. The smallest absolute Gasteiger partial charge is 0.419 e. The zero-order chi connectivity index (χ0) is 24.4. The van der Waals surface area contributed by atoms with E-state index in [0.29, 0.717) is 0 Å². The summed E-state index contributed by atoms with van der Waals surface area (Å²) < 4.78 is 108. The van der Waals surface area contributed by atoms with E-state index < -0.39 is 55.4 Å². The molecule has 1 amide bonds. The van der Waals surface area contributed by atoms with Crippen molar-refractivity contribution < 1.29 is 33.7 Å². The van der Waals surface area contributed by atoms with Crippen molar-refractivity contribution in [1.82, 2.24) is 14.9 Å². The minimum absolute atomic E-state index is 0.166. The number of halogens is 3. The van der Waals surface area contributed by atoms with Gasteiger partial charge in [-0.3, -0.25) is 0 Å². The van der Waals surface area contributed by atoms with E-state index >= 15 is 0 Å². The van der Waals surface area contributed by atoms with Crippen molar-refractivity contribution >= 4 is 12.0 Å². The van der Waals surface area contributed by atoms with Crippen LogP contribution in [0.5, 0.6) is 0 Å². The molecule has 0 N–H and O–H groups in total. The predicted molar refractivity (Wildman–Crippen MR) is 77.1 cm³/mol. The molecule has 0 bridgehead atoms. The summed E-state index contributed by atoms with van der Waals surface area (Å²) in [6.45, 7) is -10.1. The molecule has 1 fully saturated rings. The van der Waals surface area contributed by atoms with Crippen molar-refractivity contribution in [1.29, 1.82) is 0 Å². The van der Waals surface area contributed by atoms with Crippen LogP contribution in [-0.4, -0.2) is 52.5 Å². The van der Waals surface area contributed by atoms with Gasteiger partial charge in [0.15, 0.2) is 0 Å². The number of anilines is 1. The van der Waals surface area contributed by atoms with Gasteiger partial charge in [0.1, 0.15) is 5.60 Å². The van der Waals surface area contributed by atoms with Gasteiger partial charge in [0, 0.05) is 38.4 Å². The molecule has 1 aliphatic heterocycles. The summed E-state index contributed by atoms with van der Waals surface area (Å²) in [6, 6.07) is 0. The van der Waals surface area contributed by atoms with E-state index in [-0.39, 0.29) is 22.2 Å². The lowest BCUT2D eigenvalue weighted by molar-refractivity contribution is -0.138. The molecule has 0 atom stereocenters. The van der Waals surface area contributed by atoms with Crippen LogP contribution in [0.2, 0.25) is 0 Å². The number of hydrogen-bond donors (Lipinski definition) is 0. The fourth-order valence-electron chi connectivity index (χ4n) is 1.34. The van der Waals surface area contributed by atoms with Gasteiger partial charge in [0.25, 0.3) is 0 Å². The Morgan fingerprint density at radius 1 is 1.17 bits per heavy atom. The molecule has 0 spiro atoms. The largest absolute Gasteiger partial charge is 0.444 e. The number of rotatable bonds is 1. The van der Waals surface area contributed by atoms with Crippen LogP contribution in [0.15, 0.2) is 12.4 Å². The van der Waals surface area contributed by atoms with Crippen LogP contribution in [0.25, 0.3) is 0 Å². The van der Waals surface area contributed by atoms with Crippen LogP contribution >= 0.6 is 0 Å². The second-order valence-electron chi connectivity index (χ2n) is 5.37.